The number of alkyl halides is 3. The second-order valence-corrected chi connectivity index (χ2v) is 5.43. The number of hydrogen-bond donors (Lipinski definition) is 1. The Labute approximate surface area is 150 Å². The molecular weight excluding hydrogens is 369 g/mol. The molecule has 0 saturated carbocycles. The van der Waals surface area contributed by atoms with Crippen LogP contribution in [-0.2, 0) is 11.0 Å². The van der Waals surface area contributed by atoms with Crippen LogP contribution in [0, 0.1) is 10.1 Å². The van der Waals surface area contributed by atoms with Gasteiger partial charge in [-0.1, -0.05) is 6.07 Å². The number of nitro groups is 1. The second-order valence-electron chi connectivity index (χ2n) is 5.43. The zero-order valence-electron chi connectivity index (χ0n) is 13.8. The van der Waals surface area contributed by atoms with Crippen molar-refractivity contribution in [3.05, 3.63) is 63.7 Å². The van der Waals surface area contributed by atoms with E-state index in [1.807, 2.05) is 0 Å². The van der Waals surface area contributed by atoms with E-state index >= 15 is 0 Å². The highest BCUT2D eigenvalue weighted by Gasteiger charge is 2.30. The molecule has 1 N–H and O–H groups in total. The number of aldehydes is 1. The third-order valence-corrected chi connectivity index (χ3v) is 3.45. The SMILES string of the molecule is C[C@H](Oc1ccc(C=O)cc1[N+](=O)[O-])C(=O)Nc1cccc(C(F)(F)F)c1. The monoisotopic (exact) mass is 382 g/mol. The molecule has 0 saturated heterocycles. The van der Waals surface area contributed by atoms with Crippen molar-refractivity contribution >= 4 is 23.6 Å². The molecule has 2 rings (SSSR count). The quantitative estimate of drug-likeness (QED) is 0.465. The summed E-state index contributed by atoms with van der Waals surface area (Å²) in [5, 5.41) is 13.3. The van der Waals surface area contributed by atoms with Crippen LogP contribution in [0.5, 0.6) is 5.75 Å². The summed E-state index contributed by atoms with van der Waals surface area (Å²) in [6.45, 7) is 1.28. The minimum absolute atomic E-state index is 0.0510. The fourth-order valence-corrected chi connectivity index (χ4v) is 2.11. The van der Waals surface area contributed by atoms with E-state index in [0.717, 1.165) is 30.3 Å². The van der Waals surface area contributed by atoms with Crippen molar-refractivity contribution in [3.63, 3.8) is 0 Å². The van der Waals surface area contributed by atoms with Gasteiger partial charge in [-0.3, -0.25) is 19.7 Å². The second kappa shape index (κ2) is 7.85. The molecule has 2 aromatic rings. The van der Waals surface area contributed by atoms with E-state index in [4.69, 9.17) is 4.74 Å². The van der Waals surface area contributed by atoms with Crippen molar-refractivity contribution < 1.29 is 32.4 Å². The van der Waals surface area contributed by atoms with Gasteiger partial charge >= 0.3 is 11.9 Å². The van der Waals surface area contributed by atoms with Crippen LogP contribution in [0.3, 0.4) is 0 Å². The van der Waals surface area contributed by atoms with Crippen molar-refractivity contribution in [2.45, 2.75) is 19.2 Å². The first-order valence-corrected chi connectivity index (χ1v) is 7.50. The largest absolute Gasteiger partial charge is 0.474 e. The Kier molecular flexibility index (Phi) is 5.78. The van der Waals surface area contributed by atoms with E-state index in [1.54, 1.807) is 0 Å². The minimum atomic E-state index is -4.57. The Balaban J connectivity index is 2.15. The molecule has 0 fully saturated rings. The zero-order valence-corrected chi connectivity index (χ0v) is 13.8. The number of hydrogen-bond acceptors (Lipinski definition) is 5. The number of amides is 1. The molecule has 0 bridgehead atoms. The predicted octanol–water partition coefficient (Wildman–Crippen LogP) is 3.83. The smallest absolute Gasteiger partial charge is 0.416 e. The summed E-state index contributed by atoms with van der Waals surface area (Å²) in [6.07, 6.45) is -5.40. The summed E-state index contributed by atoms with van der Waals surface area (Å²) < 4.78 is 43.4. The van der Waals surface area contributed by atoms with E-state index in [0.29, 0.717) is 6.29 Å². The number of anilines is 1. The lowest BCUT2D eigenvalue weighted by Gasteiger charge is -2.15. The molecular formula is C17H13F3N2O5. The summed E-state index contributed by atoms with van der Waals surface area (Å²) in [5.41, 5.74) is -1.50. The third kappa shape index (κ3) is 5.03. The number of rotatable bonds is 6. The van der Waals surface area contributed by atoms with Crippen LogP contribution in [0.25, 0.3) is 0 Å². The molecule has 0 spiro atoms. The summed E-state index contributed by atoms with van der Waals surface area (Å²) >= 11 is 0. The lowest BCUT2D eigenvalue weighted by atomic mass is 10.2. The highest BCUT2D eigenvalue weighted by Crippen LogP contribution is 2.31. The summed E-state index contributed by atoms with van der Waals surface area (Å²) in [4.78, 5) is 33.1. The van der Waals surface area contributed by atoms with E-state index < -0.39 is 34.4 Å². The molecule has 142 valence electrons. The molecule has 0 aliphatic carbocycles. The molecule has 2 aromatic carbocycles. The Hall–Kier alpha value is -3.43. The first-order chi connectivity index (χ1) is 12.6. The van der Waals surface area contributed by atoms with Crippen molar-refractivity contribution in [1.82, 2.24) is 0 Å². The third-order valence-electron chi connectivity index (χ3n) is 3.45. The Morgan fingerprint density at radius 2 is 1.96 bits per heavy atom. The van der Waals surface area contributed by atoms with Gasteiger partial charge in [0.2, 0.25) is 0 Å². The van der Waals surface area contributed by atoms with Gasteiger partial charge in [0, 0.05) is 17.3 Å². The highest BCUT2D eigenvalue weighted by molar-refractivity contribution is 5.94. The van der Waals surface area contributed by atoms with Gasteiger partial charge in [-0.05, 0) is 37.3 Å². The van der Waals surface area contributed by atoms with E-state index in [9.17, 15) is 32.9 Å². The Morgan fingerprint density at radius 3 is 2.56 bits per heavy atom. The van der Waals surface area contributed by atoms with Crippen molar-refractivity contribution in [2.24, 2.45) is 0 Å². The van der Waals surface area contributed by atoms with Crippen LogP contribution in [0.4, 0.5) is 24.5 Å². The maximum atomic E-state index is 12.7. The normalized spacial score (nSPS) is 12.1. The fraction of sp³-hybridized carbons (Fsp3) is 0.176. The number of nitrogens with zero attached hydrogens (tertiary/aromatic N) is 1. The van der Waals surface area contributed by atoms with Crippen LogP contribution in [-0.4, -0.2) is 23.2 Å². The lowest BCUT2D eigenvalue weighted by Crippen LogP contribution is -2.30. The number of halogens is 3. The fourth-order valence-electron chi connectivity index (χ4n) is 2.11. The predicted molar refractivity (Wildman–Crippen MR) is 88.6 cm³/mol. The first-order valence-electron chi connectivity index (χ1n) is 7.50. The van der Waals surface area contributed by atoms with Crippen LogP contribution in [0.15, 0.2) is 42.5 Å². The highest BCUT2D eigenvalue weighted by atomic mass is 19.4. The zero-order chi connectivity index (χ0) is 20.2. The molecule has 0 unspecified atom stereocenters. The number of ether oxygens (including phenoxy) is 1. The van der Waals surface area contributed by atoms with Gasteiger partial charge in [-0.2, -0.15) is 13.2 Å². The van der Waals surface area contributed by atoms with Gasteiger partial charge in [-0.25, -0.2) is 0 Å². The van der Waals surface area contributed by atoms with Gasteiger partial charge in [0.1, 0.15) is 6.29 Å². The van der Waals surface area contributed by atoms with Crippen molar-refractivity contribution in [3.8, 4) is 5.75 Å². The number of carbonyl (C=O) groups excluding carboxylic acids is 2. The summed E-state index contributed by atoms with van der Waals surface area (Å²) in [7, 11) is 0. The molecule has 0 aromatic heterocycles. The van der Waals surface area contributed by atoms with Crippen LogP contribution in [0.2, 0.25) is 0 Å². The number of nitro benzene ring substituents is 1. The molecule has 0 heterocycles. The summed E-state index contributed by atoms with van der Waals surface area (Å²) in [5.74, 6) is -1.06. The molecule has 1 atom stereocenters. The van der Waals surface area contributed by atoms with Crippen LogP contribution < -0.4 is 10.1 Å². The maximum absolute atomic E-state index is 12.7. The van der Waals surface area contributed by atoms with E-state index in [-0.39, 0.29) is 17.0 Å². The van der Waals surface area contributed by atoms with E-state index in [1.165, 1.54) is 19.1 Å². The molecule has 0 aliphatic rings. The van der Waals surface area contributed by atoms with Crippen LogP contribution in [0.1, 0.15) is 22.8 Å². The Morgan fingerprint density at radius 1 is 1.26 bits per heavy atom. The average Bonchev–Trinajstić information content (AvgIpc) is 2.61. The van der Waals surface area contributed by atoms with Gasteiger partial charge in [0.25, 0.3) is 5.91 Å². The van der Waals surface area contributed by atoms with E-state index in [2.05, 4.69) is 5.32 Å². The van der Waals surface area contributed by atoms with Crippen molar-refractivity contribution in [2.75, 3.05) is 5.32 Å². The lowest BCUT2D eigenvalue weighted by molar-refractivity contribution is -0.386. The number of benzene rings is 2. The number of carbonyl (C=O) groups is 2. The molecule has 7 nitrogen and oxygen atoms in total. The van der Waals surface area contributed by atoms with Gasteiger partial charge in [-0.15, -0.1) is 0 Å². The van der Waals surface area contributed by atoms with Crippen molar-refractivity contribution in [1.29, 1.82) is 0 Å². The summed E-state index contributed by atoms with van der Waals surface area (Å²) in [6, 6.07) is 7.43. The maximum Gasteiger partial charge on any atom is 0.416 e. The molecule has 10 heteroatoms. The minimum Gasteiger partial charge on any atom is -0.474 e. The molecule has 0 aliphatic heterocycles. The molecule has 0 radical (unpaired) electrons. The topological polar surface area (TPSA) is 98.5 Å². The van der Waals surface area contributed by atoms with Gasteiger partial charge < -0.3 is 10.1 Å². The van der Waals surface area contributed by atoms with Gasteiger partial charge in [0.05, 0.1) is 10.5 Å². The standard InChI is InChI=1S/C17H13F3N2O5/c1-10(27-15-6-5-11(9-23)7-14(15)22(25)26)16(24)21-13-4-2-3-12(8-13)17(18,19)20/h2-10H,1H3,(H,21,24)/t10-/m0/s1. The number of nitrogens with one attached hydrogen (secondary N) is 1. The van der Waals surface area contributed by atoms with Crippen LogP contribution >= 0.6 is 0 Å². The average molecular weight is 382 g/mol. The molecule has 1 amide bonds. The first kappa shape index (κ1) is 19.9. The van der Waals surface area contributed by atoms with Gasteiger partial charge in [0.15, 0.2) is 11.9 Å². The Bertz CT molecular complexity index is 883. The molecule has 27 heavy (non-hydrogen) atoms.